The van der Waals surface area contributed by atoms with Gasteiger partial charge in [0.05, 0.1) is 0 Å². The van der Waals surface area contributed by atoms with Crippen LogP contribution < -0.4 is 5.32 Å². The number of piperidine rings is 1. The molecule has 1 aromatic heterocycles. The van der Waals surface area contributed by atoms with Crippen molar-refractivity contribution in [2.24, 2.45) is 12.5 Å². The maximum absolute atomic E-state index is 12.4. The molecule has 0 aromatic carbocycles. The smallest absolute Gasteiger partial charge is 0.281 e. The van der Waals surface area contributed by atoms with Crippen LogP contribution >= 0.6 is 0 Å². The molecule has 0 bridgehead atoms. The van der Waals surface area contributed by atoms with Crippen molar-refractivity contribution in [3.8, 4) is 0 Å². The van der Waals surface area contributed by atoms with Crippen LogP contribution in [-0.4, -0.2) is 60.7 Å². The first-order valence-corrected chi connectivity index (χ1v) is 9.76. The van der Waals surface area contributed by atoms with E-state index < -0.39 is 10.2 Å². The minimum Gasteiger partial charge on any atom is -0.347 e. The van der Waals surface area contributed by atoms with Crippen LogP contribution in [0.25, 0.3) is 0 Å². The third-order valence-corrected chi connectivity index (χ3v) is 7.60. The summed E-state index contributed by atoms with van der Waals surface area (Å²) >= 11 is 0. The molecule has 2 aliphatic rings. The molecule has 3 rings (SSSR count). The van der Waals surface area contributed by atoms with Crippen LogP contribution in [0.2, 0.25) is 0 Å². The van der Waals surface area contributed by atoms with Crippen molar-refractivity contribution < 1.29 is 13.2 Å². The summed E-state index contributed by atoms with van der Waals surface area (Å²) < 4.78 is 29.1. The Balaban J connectivity index is 1.62. The topological polar surface area (TPSA) is 74.7 Å². The monoisotopic (exact) mass is 354 g/mol. The number of aryl methyl sites for hydroxylation is 1. The minimum atomic E-state index is -3.34. The molecule has 2 fully saturated rings. The summed E-state index contributed by atoms with van der Waals surface area (Å²) in [6, 6.07) is 3.81. The van der Waals surface area contributed by atoms with E-state index in [9.17, 15) is 13.2 Å². The Labute approximate surface area is 143 Å². The van der Waals surface area contributed by atoms with Crippen molar-refractivity contribution in [1.29, 1.82) is 0 Å². The summed E-state index contributed by atoms with van der Waals surface area (Å²) in [6.45, 7) is 1.05. The predicted molar refractivity (Wildman–Crippen MR) is 91.7 cm³/mol. The van der Waals surface area contributed by atoms with E-state index in [1.807, 2.05) is 29.9 Å². The average Bonchev–Trinajstić information content (AvgIpc) is 2.97. The number of nitrogens with one attached hydrogen (secondary N) is 1. The molecule has 1 saturated carbocycles. The molecular formula is C16H26N4O3S. The lowest BCUT2D eigenvalue weighted by Crippen LogP contribution is -2.60. The summed E-state index contributed by atoms with van der Waals surface area (Å²) in [5, 5.41) is 3.16. The van der Waals surface area contributed by atoms with Crippen LogP contribution in [0.15, 0.2) is 18.3 Å². The Bertz CT molecular complexity index is 717. The summed E-state index contributed by atoms with van der Waals surface area (Å²) in [7, 11) is 1.64. The molecule has 1 amide bonds. The van der Waals surface area contributed by atoms with Gasteiger partial charge in [0.1, 0.15) is 5.69 Å². The molecule has 24 heavy (non-hydrogen) atoms. The standard InChI is InChI=1S/C16H26N4O3S/c1-18(2)24(22,23)20-11-8-16(9-12-20)7-6-14(16)17-15(21)13-5-4-10-19(13)3/h4-5,10,14H,6-9,11-12H2,1-3H3,(H,17,21). The van der Waals surface area contributed by atoms with Crippen molar-refractivity contribution in [1.82, 2.24) is 18.5 Å². The SMILES string of the molecule is CN(C)S(=O)(=O)N1CCC2(CCC2NC(=O)c2cccn2C)CC1. The molecule has 1 spiro atoms. The van der Waals surface area contributed by atoms with Crippen molar-refractivity contribution in [2.45, 2.75) is 31.7 Å². The highest BCUT2D eigenvalue weighted by Crippen LogP contribution is 2.49. The fourth-order valence-electron chi connectivity index (χ4n) is 3.84. The van der Waals surface area contributed by atoms with E-state index in [0.717, 1.165) is 25.7 Å². The van der Waals surface area contributed by atoms with Gasteiger partial charge in [0, 0.05) is 46.5 Å². The third kappa shape index (κ3) is 2.87. The fraction of sp³-hybridized carbons (Fsp3) is 0.688. The van der Waals surface area contributed by atoms with E-state index in [2.05, 4.69) is 5.32 Å². The average molecular weight is 354 g/mol. The number of nitrogens with zero attached hydrogens (tertiary/aromatic N) is 3. The number of aromatic nitrogens is 1. The number of rotatable bonds is 4. The van der Waals surface area contributed by atoms with Crippen LogP contribution in [0.5, 0.6) is 0 Å². The number of carbonyl (C=O) groups excluding carboxylic acids is 1. The van der Waals surface area contributed by atoms with Crippen molar-refractivity contribution >= 4 is 16.1 Å². The second-order valence-electron chi connectivity index (χ2n) is 7.12. The summed E-state index contributed by atoms with van der Waals surface area (Å²) in [5.74, 6) is -0.0464. The van der Waals surface area contributed by atoms with Crippen molar-refractivity contribution in [2.75, 3.05) is 27.2 Å². The molecular weight excluding hydrogens is 328 g/mol. The maximum atomic E-state index is 12.4. The van der Waals surface area contributed by atoms with Gasteiger partial charge in [-0.25, -0.2) is 0 Å². The lowest BCUT2D eigenvalue weighted by atomic mass is 9.59. The normalized spacial score (nSPS) is 24.1. The lowest BCUT2D eigenvalue weighted by molar-refractivity contribution is 0.0116. The van der Waals surface area contributed by atoms with E-state index in [-0.39, 0.29) is 17.4 Å². The lowest BCUT2D eigenvalue weighted by Gasteiger charge is -2.53. The van der Waals surface area contributed by atoms with E-state index in [4.69, 9.17) is 0 Å². The Kier molecular flexibility index (Phi) is 4.48. The molecule has 1 saturated heterocycles. The number of amides is 1. The number of hydrogen-bond acceptors (Lipinski definition) is 3. The van der Waals surface area contributed by atoms with Crippen LogP contribution in [-0.2, 0) is 17.3 Å². The fourth-order valence-corrected chi connectivity index (χ4v) is 4.95. The number of carbonyl (C=O) groups is 1. The van der Waals surface area contributed by atoms with Gasteiger partial charge in [-0.15, -0.1) is 0 Å². The Morgan fingerprint density at radius 2 is 1.96 bits per heavy atom. The minimum absolute atomic E-state index is 0.0464. The van der Waals surface area contributed by atoms with Gasteiger partial charge in [0.15, 0.2) is 0 Å². The summed E-state index contributed by atoms with van der Waals surface area (Å²) in [4.78, 5) is 12.4. The van der Waals surface area contributed by atoms with E-state index in [1.54, 1.807) is 18.4 Å². The summed E-state index contributed by atoms with van der Waals surface area (Å²) in [5.41, 5.74) is 0.712. The Hall–Kier alpha value is -1.38. The van der Waals surface area contributed by atoms with Gasteiger partial charge in [-0.3, -0.25) is 4.79 Å². The van der Waals surface area contributed by atoms with E-state index in [0.29, 0.717) is 18.8 Å². The second-order valence-corrected chi connectivity index (χ2v) is 9.26. The van der Waals surface area contributed by atoms with Gasteiger partial charge in [-0.1, -0.05) is 0 Å². The van der Waals surface area contributed by atoms with Crippen LogP contribution in [0.3, 0.4) is 0 Å². The van der Waals surface area contributed by atoms with Crippen LogP contribution in [0.4, 0.5) is 0 Å². The predicted octanol–water partition coefficient (Wildman–Crippen LogP) is 0.806. The highest BCUT2D eigenvalue weighted by Gasteiger charge is 2.50. The van der Waals surface area contributed by atoms with Crippen LogP contribution in [0, 0.1) is 5.41 Å². The molecule has 1 aliphatic carbocycles. The van der Waals surface area contributed by atoms with E-state index >= 15 is 0 Å². The van der Waals surface area contributed by atoms with Gasteiger partial charge >= 0.3 is 0 Å². The first-order valence-electron chi connectivity index (χ1n) is 8.36. The molecule has 0 radical (unpaired) electrons. The molecule has 134 valence electrons. The van der Waals surface area contributed by atoms with Crippen LogP contribution in [0.1, 0.15) is 36.2 Å². The van der Waals surface area contributed by atoms with Crippen molar-refractivity contribution in [3.05, 3.63) is 24.0 Å². The number of hydrogen-bond donors (Lipinski definition) is 1. The molecule has 7 nitrogen and oxygen atoms in total. The van der Waals surface area contributed by atoms with Gasteiger partial charge in [0.2, 0.25) is 0 Å². The Morgan fingerprint density at radius 1 is 1.29 bits per heavy atom. The first kappa shape index (κ1) is 17.4. The largest absolute Gasteiger partial charge is 0.347 e. The zero-order valence-corrected chi connectivity index (χ0v) is 15.3. The quantitative estimate of drug-likeness (QED) is 0.869. The molecule has 2 heterocycles. The highest BCUT2D eigenvalue weighted by molar-refractivity contribution is 7.86. The maximum Gasteiger partial charge on any atom is 0.281 e. The molecule has 1 unspecified atom stereocenters. The van der Waals surface area contributed by atoms with Gasteiger partial charge in [-0.05, 0) is 43.2 Å². The second kappa shape index (κ2) is 6.16. The Morgan fingerprint density at radius 3 is 2.42 bits per heavy atom. The zero-order chi connectivity index (χ0) is 17.5. The van der Waals surface area contributed by atoms with E-state index in [1.165, 1.54) is 4.31 Å². The molecule has 1 atom stereocenters. The molecule has 1 aliphatic heterocycles. The van der Waals surface area contributed by atoms with Gasteiger partial charge in [-0.2, -0.15) is 17.0 Å². The summed E-state index contributed by atoms with van der Waals surface area (Å²) in [6.07, 6.45) is 5.49. The highest BCUT2D eigenvalue weighted by atomic mass is 32.2. The third-order valence-electron chi connectivity index (χ3n) is 5.66. The van der Waals surface area contributed by atoms with Gasteiger partial charge in [0.25, 0.3) is 16.1 Å². The van der Waals surface area contributed by atoms with Gasteiger partial charge < -0.3 is 9.88 Å². The molecule has 8 heteroatoms. The molecule has 1 N–H and O–H groups in total. The first-order chi connectivity index (χ1) is 11.3. The van der Waals surface area contributed by atoms with Crippen molar-refractivity contribution in [3.63, 3.8) is 0 Å². The molecule has 1 aromatic rings. The zero-order valence-electron chi connectivity index (χ0n) is 14.5.